The first kappa shape index (κ1) is 19.4. The third kappa shape index (κ3) is 3.32. The van der Waals surface area contributed by atoms with Gasteiger partial charge in [-0.3, -0.25) is 25.2 Å². The van der Waals surface area contributed by atoms with E-state index in [1.165, 1.54) is 7.05 Å². The lowest BCUT2D eigenvalue weighted by atomic mass is 10.0. The Hall–Kier alpha value is -3.94. The van der Waals surface area contributed by atoms with Crippen LogP contribution in [0.1, 0.15) is 27.2 Å². The quantitative estimate of drug-likeness (QED) is 0.510. The van der Waals surface area contributed by atoms with Crippen LogP contribution in [0.5, 0.6) is 0 Å². The second kappa shape index (κ2) is 7.47. The van der Waals surface area contributed by atoms with Gasteiger partial charge in [-0.05, 0) is 31.0 Å². The second-order valence-electron chi connectivity index (χ2n) is 7.15. The molecule has 0 aliphatic heterocycles. The van der Waals surface area contributed by atoms with Gasteiger partial charge >= 0.3 is 0 Å². The van der Waals surface area contributed by atoms with Gasteiger partial charge in [0.15, 0.2) is 5.69 Å². The van der Waals surface area contributed by atoms with E-state index in [4.69, 9.17) is 4.42 Å². The Labute approximate surface area is 171 Å². The highest BCUT2D eigenvalue weighted by Gasteiger charge is 2.17. The molecule has 0 unspecified atom stereocenters. The van der Waals surface area contributed by atoms with Crippen molar-refractivity contribution < 1.29 is 14.0 Å². The van der Waals surface area contributed by atoms with Crippen LogP contribution in [-0.2, 0) is 18.3 Å². The Morgan fingerprint density at radius 3 is 2.53 bits per heavy atom. The van der Waals surface area contributed by atoms with E-state index in [0.29, 0.717) is 10.8 Å². The van der Waals surface area contributed by atoms with Crippen LogP contribution in [0.2, 0.25) is 0 Å². The van der Waals surface area contributed by atoms with Gasteiger partial charge in [0.2, 0.25) is 5.91 Å². The first-order chi connectivity index (χ1) is 14.4. The fraction of sp³-hybridized carbons (Fsp3) is 0.182. The van der Waals surface area contributed by atoms with Crippen LogP contribution < -0.4 is 16.4 Å². The Morgan fingerprint density at radius 1 is 1.03 bits per heavy atom. The van der Waals surface area contributed by atoms with Crippen molar-refractivity contribution in [2.24, 2.45) is 7.05 Å². The summed E-state index contributed by atoms with van der Waals surface area (Å²) in [5.74, 6) is -1.02. The summed E-state index contributed by atoms with van der Waals surface area (Å²) in [7, 11) is 1.47. The smallest absolute Gasteiger partial charge is 0.290 e. The van der Waals surface area contributed by atoms with E-state index >= 15 is 0 Å². The number of benzene rings is 2. The highest BCUT2D eigenvalue weighted by molar-refractivity contribution is 6.05. The number of rotatable bonds is 3. The van der Waals surface area contributed by atoms with Crippen molar-refractivity contribution in [2.45, 2.75) is 20.3 Å². The number of amides is 2. The molecule has 0 bridgehead atoms. The second-order valence-corrected chi connectivity index (χ2v) is 7.15. The van der Waals surface area contributed by atoms with Crippen LogP contribution in [0.4, 0.5) is 0 Å². The lowest BCUT2D eigenvalue weighted by Crippen LogP contribution is -2.43. The van der Waals surface area contributed by atoms with Gasteiger partial charge in [-0.2, -0.15) is 5.10 Å². The predicted molar refractivity (Wildman–Crippen MR) is 112 cm³/mol. The van der Waals surface area contributed by atoms with Crippen molar-refractivity contribution in [3.63, 3.8) is 0 Å². The molecule has 2 amide bonds. The molecule has 0 radical (unpaired) electrons. The molecule has 0 saturated heterocycles. The standard InChI is InChI=1S/C22H20N4O4/c1-12-8-9-15-14(11-30-20(15)13(12)2)10-18(27)23-24-21(28)19-16-6-4-5-7-17(16)22(29)26(3)25-19/h4-9,11H,10H2,1-3H3,(H,23,27)(H,24,28). The normalized spacial score (nSPS) is 11.0. The summed E-state index contributed by atoms with van der Waals surface area (Å²) in [5.41, 5.74) is 8.14. The number of aryl methyl sites for hydroxylation is 3. The molecule has 0 spiro atoms. The molecule has 0 fully saturated rings. The average molecular weight is 404 g/mol. The number of furan rings is 1. The lowest BCUT2D eigenvalue weighted by molar-refractivity contribution is -0.121. The van der Waals surface area contributed by atoms with Crippen molar-refractivity contribution >= 4 is 33.6 Å². The number of nitrogens with one attached hydrogen (secondary N) is 2. The van der Waals surface area contributed by atoms with Crippen LogP contribution >= 0.6 is 0 Å². The minimum atomic E-state index is -0.612. The molecule has 4 aromatic rings. The molecular formula is C22H20N4O4. The molecule has 8 heteroatoms. The summed E-state index contributed by atoms with van der Waals surface area (Å²) in [6.07, 6.45) is 1.60. The number of aromatic nitrogens is 2. The van der Waals surface area contributed by atoms with Gasteiger partial charge in [-0.15, -0.1) is 0 Å². The molecule has 0 atom stereocenters. The van der Waals surface area contributed by atoms with E-state index in [0.717, 1.165) is 32.3 Å². The Bertz CT molecular complexity index is 1370. The summed E-state index contributed by atoms with van der Waals surface area (Å²) in [6.45, 7) is 3.96. The number of carbonyl (C=O) groups is 2. The monoisotopic (exact) mass is 404 g/mol. The number of hydrazine groups is 1. The number of hydrogen-bond donors (Lipinski definition) is 2. The minimum absolute atomic E-state index is 0.0389. The summed E-state index contributed by atoms with van der Waals surface area (Å²) in [6, 6.07) is 10.6. The predicted octanol–water partition coefficient (Wildman–Crippen LogP) is 2.30. The van der Waals surface area contributed by atoms with Gasteiger partial charge in [0, 0.05) is 23.4 Å². The Balaban J connectivity index is 1.51. The highest BCUT2D eigenvalue weighted by atomic mass is 16.3. The van der Waals surface area contributed by atoms with Gasteiger partial charge in [0.05, 0.1) is 18.1 Å². The summed E-state index contributed by atoms with van der Waals surface area (Å²) < 4.78 is 6.72. The molecule has 2 aromatic carbocycles. The number of nitrogens with zero attached hydrogens (tertiary/aromatic N) is 2. The molecular weight excluding hydrogens is 384 g/mol. The maximum Gasteiger partial charge on any atom is 0.290 e. The first-order valence-electron chi connectivity index (χ1n) is 9.38. The van der Waals surface area contributed by atoms with Crippen molar-refractivity contribution in [2.75, 3.05) is 0 Å². The maximum absolute atomic E-state index is 12.6. The van der Waals surface area contributed by atoms with Crippen LogP contribution in [0.15, 0.2) is 51.9 Å². The van der Waals surface area contributed by atoms with Gasteiger partial charge in [0.1, 0.15) is 5.58 Å². The molecule has 8 nitrogen and oxygen atoms in total. The van der Waals surface area contributed by atoms with Crippen LogP contribution in [0, 0.1) is 13.8 Å². The Morgan fingerprint density at radius 2 is 1.77 bits per heavy atom. The maximum atomic E-state index is 12.6. The van der Waals surface area contributed by atoms with Crippen LogP contribution in [0.25, 0.3) is 21.7 Å². The summed E-state index contributed by atoms with van der Waals surface area (Å²) in [4.78, 5) is 37.2. The zero-order valence-electron chi connectivity index (χ0n) is 16.8. The zero-order valence-corrected chi connectivity index (χ0v) is 16.8. The van der Waals surface area contributed by atoms with Gasteiger partial charge in [0.25, 0.3) is 11.5 Å². The van der Waals surface area contributed by atoms with Crippen molar-refractivity contribution in [3.8, 4) is 0 Å². The summed E-state index contributed by atoms with van der Waals surface area (Å²) in [5, 5.41) is 5.70. The molecule has 0 saturated carbocycles. The van der Waals surface area contributed by atoms with E-state index in [-0.39, 0.29) is 17.7 Å². The van der Waals surface area contributed by atoms with Crippen molar-refractivity contribution in [3.05, 3.63) is 75.4 Å². The molecule has 30 heavy (non-hydrogen) atoms. The summed E-state index contributed by atoms with van der Waals surface area (Å²) >= 11 is 0. The highest BCUT2D eigenvalue weighted by Crippen LogP contribution is 2.26. The third-order valence-corrected chi connectivity index (χ3v) is 5.18. The van der Waals surface area contributed by atoms with Crippen molar-refractivity contribution in [1.29, 1.82) is 0 Å². The zero-order chi connectivity index (χ0) is 21.4. The van der Waals surface area contributed by atoms with Crippen LogP contribution in [0.3, 0.4) is 0 Å². The largest absolute Gasteiger partial charge is 0.464 e. The fourth-order valence-corrected chi connectivity index (χ4v) is 3.40. The fourth-order valence-electron chi connectivity index (χ4n) is 3.40. The van der Waals surface area contributed by atoms with Crippen LogP contribution in [-0.4, -0.2) is 21.6 Å². The van der Waals surface area contributed by atoms with E-state index in [1.807, 2.05) is 26.0 Å². The average Bonchev–Trinajstić information content (AvgIpc) is 3.15. The first-order valence-corrected chi connectivity index (χ1v) is 9.38. The molecule has 4 rings (SSSR count). The van der Waals surface area contributed by atoms with E-state index < -0.39 is 11.8 Å². The van der Waals surface area contributed by atoms with Gasteiger partial charge in [-0.1, -0.05) is 30.3 Å². The van der Waals surface area contributed by atoms with E-state index in [9.17, 15) is 14.4 Å². The van der Waals surface area contributed by atoms with E-state index in [1.54, 1.807) is 30.5 Å². The molecule has 152 valence electrons. The van der Waals surface area contributed by atoms with Gasteiger partial charge < -0.3 is 4.42 Å². The Kier molecular flexibility index (Phi) is 4.83. The number of fused-ring (bicyclic) bond motifs is 2. The topological polar surface area (TPSA) is 106 Å². The molecule has 2 N–H and O–H groups in total. The van der Waals surface area contributed by atoms with Gasteiger partial charge in [-0.25, -0.2) is 4.68 Å². The molecule has 0 aliphatic rings. The molecule has 2 heterocycles. The number of carbonyl (C=O) groups excluding carboxylic acids is 2. The number of hydrogen-bond acceptors (Lipinski definition) is 5. The third-order valence-electron chi connectivity index (χ3n) is 5.18. The van der Waals surface area contributed by atoms with E-state index in [2.05, 4.69) is 16.0 Å². The lowest BCUT2D eigenvalue weighted by Gasteiger charge is -2.10. The minimum Gasteiger partial charge on any atom is -0.464 e. The molecule has 2 aromatic heterocycles. The molecule has 0 aliphatic carbocycles. The SMILES string of the molecule is Cc1ccc2c(CC(=O)NNC(=O)c3nn(C)c(=O)c4ccccc34)coc2c1C. The van der Waals surface area contributed by atoms with Crippen molar-refractivity contribution in [1.82, 2.24) is 20.6 Å².